The summed E-state index contributed by atoms with van der Waals surface area (Å²) in [5.74, 6) is -0.0153. The highest BCUT2D eigenvalue weighted by molar-refractivity contribution is 8.02. The number of thiophene rings is 1. The van der Waals surface area contributed by atoms with Gasteiger partial charge in [-0.25, -0.2) is 0 Å². The van der Waals surface area contributed by atoms with Crippen molar-refractivity contribution in [3.63, 3.8) is 0 Å². The molecule has 3 aromatic rings. The number of hydrogen-bond donors (Lipinski definition) is 2. The molecule has 5 nitrogen and oxygen atoms in total. The zero-order chi connectivity index (χ0) is 18.5. The first-order valence-electron chi connectivity index (χ1n) is 7.84. The van der Waals surface area contributed by atoms with Gasteiger partial charge < -0.3 is 10.6 Å². The van der Waals surface area contributed by atoms with E-state index >= 15 is 0 Å². The predicted octanol–water partition coefficient (Wildman–Crippen LogP) is 5.10. The smallest absolute Gasteiger partial charge is 0.233 e. The van der Waals surface area contributed by atoms with Gasteiger partial charge >= 0.3 is 0 Å². The van der Waals surface area contributed by atoms with Crippen molar-refractivity contribution in [2.24, 2.45) is 0 Å². The van der Waals surface area contributed by atoms with Crippen LogP contribution >= 0.6 is 46.0 Å². The summed E-state index contributed by atoms with van der Waals surface area (Å²) in [6.45, 7) is 4.37. The normalized spacial score (nSPS) is 12.0. The van der Waals surface area contributed by atoms with E-state index in [1.807, 2.05) is 49.6 Å². The molecule has 2 heterocycles. The first kappa shape index (κ1) is 19.2. The molecule has 2 N–H and O–H groups in total. The van der Waals surface area contributed by atoms with E-state index in [-0.39, 0.29) is 11.2 Å². The van der Waals surface area contributed by atoms with E-state index in [1.54, 1.807) is 11.3 Å². The molecule has 0 aliphatic carbocycles. The number of benzene rings is 1. The molecule has 0 bridgehead atoms. The molecule has 9 heteroatoms. The number of carbonyl (C=O) groups is 1. The van der Waals surface area contributed by atoms with Crippen LogP contribution in [0.1, 0.15) is 17.4 Å². The van der Waals surface area contributed by atoms with Gasteiger partial charge in [0.15, 0.2) is 4.34 Å². The Hall–Kier alpha value is -1.61. The third-order valence-corrected chi connectivity index (χ3v) is 6.80. The third-order valence-electron chi connectivity index (χ3n) is 3.49. The lowest BCUT2D eigenvalue weighted by Crippen LogP contribution is -2.30. The van der Waals surface area contributed by atoms with Crippen molar-refractivity contribution in [1.82, 2.24) is 15.5 Å². The molecule has 0 saturated carbocycles. The van der Waals surface area contributed by atoms with Gasteiger partial charge in [0.1, 0.15) is 0 Å². The Morgan fingerprint density at radius 2 is 2.19 bits per heavy atom. The van der Waals surface area contributed by atoms with Crippen molar-refractivity contribution in [2.75, 3.05) is 5.32 Å². The molecular formula is C17H17ClN4OS3. The Morgan fingerprint density at radius 3 is 2.92 bits per heavy atom. The average Bonchev–Trinajstić information content (AvgIpc) is 3.28. The monoisotopic (exact) mass is 424 g/mol. The second-order valence-corrected chi connectivity index (χ2v) is 9.52. The highest BCUT2D eigenvalue weighted by Crippen LogP contribution is 2.31. The van der Waals surface area contributed by atoms with Crippen LogP contribution in [0.25, 0.3) is 0 Å². The number of nitrogens with zero attached hydrogens (tertiary/aromatic N) is 2. The second kappa shape index (κ2) is 8.85. The van der Waals surface area contributed by atoms with Crippen molar-refractivity contribution in [3.8, 4) is 0 Å². The number of hydrogen-bond acceptors (Lipinski definition) is 7. The average molecular weight is 425 g/mol. The van der Waals surface area contributed by atoms with E-state index in [2.05, 4.69) is 20.8 Å². The number of rotatable bonds is 7. The number of thioether (sulfide) groups is 1. The van der Waals surface area contributed by atoms with Gasteiger partial charge in [0.25, 0.3) is 0 Å². The van der Waals surface area contributed by atoms with Crippen LogP contribution in [0.2, 0.25) is 5.02 Å². The lowest BCUT2D eigenvalue weighted by atomic mass is 10.2. The topological polar surface area (TPSA) is 66.9 Å². The first-order valence-corrected chi connectivity index (χ1v) is 10.8. The van der Waals surface area contributed by atoms with Gasteiger partial charge in [-0.05, 0) is 43.0 Å². The Labute approximate surface area is 169 Å². The minimum atomic E-state index is -0.246. The van der Waals surface area contributed by atoms with Crippen LogP contribution in [-0.4, -0.2) is 21.4 Å². The molecule has 1 amide bonds. The van der Waals surface area contributed by atoms with Gasteiger partial charge in [0, 0.05) is 15.6 Å². The van der Waals surface area contributed by atoms with Gasteiger partial charge in [-0.3, -0.25) is 4.79 Å². The molecule has 2 aromatic heterocycles. The zero-order valence-electron chi connectivity index (χ0n) is 14.2. The van der Waals surface area contributed by atoms with Crippen LogP contribution < -0.4 is 10.6 Å². The Kier molecular flexibility index (Phi) is 6.53. The SMILES string of the molecule is Cc1ccc(Nc2nnc(SC(C)C(=O)NCc3cccs3)s2)cc1Cl. The molecule has 0 spiro atoms. The van der Waals surface area contributed by atoms with Crippen molar-refractivity contribution in [2.45, 2.75) is 30.0 Å². The first-order chi connectivity index (χ1) is 12.5. The summed E-state index contributed by atoms with van der Waals surface area (Å²) in [4.78, 5) is 13.3. The lowest BCUT2D eigenvalue weighted by Gasteiger charge is -2.09. The van der Waals surface area contributed by atoms with Gasteiger partial charge in [0.05, 0.1) is 11.8 Å². The summed E-state index contributed by atoms with van der Waals surface area (Å²) >= 11 is 10.6. The zero-order valence-corrected chi connectivity index (χ0v) is 17.4. The van der Waals surface area contributed by atoms with Crippen LogP contribution in [0, 0.1) is 6.92 Å². The quantitative estimate of drug-likeness (QED) is 0.516. The molecule has 0 aliphatic rings. The van der Waals surface area contributed by atoms with Crippen molar-refractivity contribution >= 4 is 62.8 Å². The molecule has 0 aliphatic heterocycles. The Morgan fingerprint density at radius 1 is 1.35 bits per heavy atom. The lowest BCUT2D eigenvalue weighted by molar-refractivity contribution is -0.120. The summed E-state index contributed by atoms with van der Waals surface area (Å²) < 4.78 is 0.740. The number of halogens is 1. The standard InChI is InChI=1S/C17H17ClN4OS3/c1-10-5-6-12(8-14(10)18)20-16-21-22-17(26-16)25-11(2)15(23)19-9-13-4-3-7-24-13/h3-8,11H,9H2,1-2H3,(H,19,23)(H,20,21). The number of aromatic nitrogens is 2. The molecule has 26 heavy (non-hydrogen) atoms. The van der Waals surface area contributed by atoms with Crippen LogP contribution in [0.4, 0.5) is 10.8 Å². The number of nitrogens with one attached hydrogen (secondary N) is 2. The highest BCUT2D eigenvalue weighted by Gasteiger charge is 2.17. The second-order valence-electron chi connectivity index (χ2n) is 5.52. The van der Waals surface area contributed by atoms with Crippen molar-refractivity contribution < 1.29 is 4.79 Å². The fourth-order valence-electron chi connectivity index (χ4n) is 2.04. The number of aryl methyl sites for hydroxylation is 1. The Bertz CT molecular complexity index is 882. The highest BCUT2D eigenvalue weighted by atomic mass is 35.5. The molecule has 1 aromatic carbocycles. The molecule has 0 radical (unpaired) electrons. The molecule has 3 rings (SSSR count). The van der Waals surface area contributed by atoms with E-state index in [9.17, 15) is 4.79 Å². The number of amides is 1. The van der Waals surface area contributed by atoms with Crippen LogP contribution in [0.15, 0.2) is 40.1 Å². The molecule has 1 atom stereocenters. The van der Waals surface area contributed by atoms with E-state index in [0.717, 1.165) is 20.5 Å². The summed E-state index contributed by atoms with van der Waals surface area (Å²) in [6.07, 6.45) is 0. The van der Waals surface area contributed by atoms with E-state index < -0.39 is 0 Å². The maximum absolute atomic E-state index is 12.2. The summed E-state index contributed by atoms with van der Waals surface area (Å²) in [5, 5.41) is 17.5. The maximum atomic E-state index is 12.2. The van der Waals surface area contributed by atoms with Crippen LogP contribution in [0.5, 0.6) is 0 Å². The van der Waals surface area contributed by atoms with Crippen LogP contribution in [-0.2, 0) is 11.3 Å². The van der Waals surface area contributed by atoms with E-state index in [0.29, 0.717) is 16.7 Å². The summed E-state index contributed by atoms with van der Waals surface area (Å²) in [7, 11) is 0. The summed E-state index contributed by atoms with van der Waals surface area (Å²) in [5.41, 5.74) is 1.88. The third kappa shape index (κ3) is 5.20. The van der Waals surface area contributed by atoms with Crippen molar-refractivity contribution in [1.29, 1.82) is 0 Å². The fraction of sp³-hybridized carbons (Fsp3) is 0.235. The Balaban J connectivity index is 1.53. The number of anilines is 2. The van der Waals surface area contributed by atoms with Crippen LogP contribution in [0.3, 0.4) is 0 Å². The van der Waals surface area contributed by atoms with Gasteiger partial charge in [0.2, 0.25) is 11.0 Å². The van der Waals surface area contributed by atoms with E-state index in [4.69, 9.17) is 11.6 Å². The molecule has 136 valence electrons. The molecule has 1 unspecified atom stereocenters. The molecular weight excluding hydrogens is 408 g/mol. The minimum Gasteiger partial charge on any atom is -0.350 e. The van der Waals surface area contributed by atoms with Crippen molar-refractivity contribution in [3.05, 3.63) is 51.2 Å². The van der Waals surface area contributed by atoms with Gasteiger partial charge in [-0.1, -0.05) is 46.8 Å². The van der Waals surface area contributed by atoms with E-state index in [1.165, 1.54) is 23.1 Å². The minimum absolute atomic E-state index is 0.0153. The van der Waals surface area contributed by atoms with Gasteiger partial charge in [-0.2, -0.15) is 0 Å². The number of carbonyl (C=O) groups excluding carboxylic acids is 1. The summed E-state index contributed by atoms with van der Waals surface area (Å²) in [6, 6.07) is 9.72. The van der Waals surface area contributed by atoms with Gasteiger partial charge in [-0.15, -0.1) is 21.5 Å². The predicted molar refractivity (Wildman–Crippen MR) is 111 cm³/mol. The largest absolute Gasteiger partial charge is 0.350 e. The molecule has 0 fully saturated rings. The molecule has 0 saturated heterocycles. The fourth-order valence-corrected chi connectivity index (χ4v) is 4.80. The maximum Gasteiger partial charge on any atom is 0.233 e.